The Labute approximate surface area is 116 Å². The number of aliphatic hydroxyl groups excluding tert-OH is 1. The number of thioether (sulfide) groups is 1. The van der Waals surface area contributed by atoms with Crippen LogP contribution in [0.15, 0.2) is 53.4 Å². The molecule has 1 unspecified atom stereocenters. The topological polar surface area (TPSA) is 32.3 Å². The summed E-state index contributed by atoms with van der Waals surface area (Å²) in [7, 11) is 0. The van der Waals surface area contributed by atoms with E-state index in [-0.39, 0.29) is 5.82 Å². The number of aliphatic hydroxyl groups is 1. The van der Waals surface area contributed by atoms with E-state index < -0.39 is 6.10 Å². The van der Waals surface area contributed by atoms with E-state index in [0.29, 0.717) is 12.1 Å². The molecule has 0 aromatic heterocycles. The van der Waals surface area contributed by atoms with Gasteiger partial charge in [0.05, 0.1) is 6.10 Å². The van der Waals surface area contributed by atoms with Gasteiger partial charge in [-0.15, -0.1) is 11.8 Å². The summed E-state index contributed by atoms with van der Waals surface area (Å²) in [5.41, 5.74) is 1.52. The Kier molecular flexibility index (Phi) is 4.82. The third kappa shape index (κ3) is 3.98. The maximum Gasteiger partial charge on any atom is 0.123 e. The molecule has 100 valence electrons. The van der Waals surface area contributed by atoms with Gasteiger partial charge in [-0.05, 0) is 42.2 Å². The number of benzene rings is 2. The minimum atomic E-state index is -0.728. The van der Waals surface area contributed by atoms with E-state index in [0.717, 1.165) is 10.6 Å². The van der Waals surface area contributed by atoms with Gasteiger partial charge in [0, 0.05) is 17.1 Å². The summed E-state index contributed by atoms with van der Waals surface area (Å²) >= 11 is 1.66. The summed E-state index contributed by atoms with van der Waals surface area (Å²) in [5, 5.41) is 13.1. The van der Waals surface area contributed by atoms with Gasteiger partial charge in [-0.25, -0.2) is 4.39 Å². The van der Waals surface area contributed by atoms with Crippen molar-refractivity contribution in [2.24, 2.45) is 0 Å². The van der Waals surface area contributed by atoms with Crippen molar-refractivity contribution in [1.29, 1.82) is 0 Å². The highest BCUT2D eigenvalue weighted by Gasteiger charge is 2.08. The van der Waals surface area contributed by atoms with Crippen LogP contribution in [0.25, 0.3) is 0 Å². The van der Waals surface area contributed by atoms with Crippen molar-refractivity contribution >= 4 is 17.4 Å². The highest BCUT2D eigenvalue weighted by molar-refractivity contribution is 7.98. The Bertz CT molecular complexity index is 547. The average Bonchev–Trinajstić information content (AvgIpc) is 2.45. The van der Waals surface area contributed by atoms with Crippen molar-refractivity contribution in [2.45, 2.75) is 11.0 Å². The second-order valence-electron chi connectivity index (χ2n) is 4.18. The van der Waals surface area contributed by atoms with Crippen LogP contribution in [0.5, 0.6) is 0 Å². The molecule has 0 spiro atoms. The maximum absolute atomic E-state index is 13.1. The lowest BCUT2D eigenvalue weighted by Crippen LogP contribution is -2.12. The fraction of sp³-hybridized carbons (Fsp3) is 0.200. The Morgan fingerprint density at radius 3 is 2.74 bits per heavy atom. The molecular formula is C15H16FNOS. The SMILES string of the molecule is CSc1cccc(NCC(O)c2cccc(F)c2)c1. The van der Waals surface area contributed by atoms with Crippen LogP contribution in [0, 0.1) is 5.82 Å². The molecule has 0 saturated carbocycles. The van der Waals surface area contributed by atoms with Crippen LogP contribution < -0.4 is 5.32 Å². The first-order valence-corrected chi connectivity index (χ1v) is 7.23. The number of hydrogen-bond donors (Lipinski definition) is 2. The number of rotatable bonds is 5. The lowest BCUT2D eigenvalue weighted by Gasteiger charge is -2.13. The Morgan fingerprint density at radius 1 is 1.21 bits per heavy atom. The number of anilines is 1. The van der Waals surface area contributed by atoms with Gasteiger partial charge >= 0.3 is 0 Å². The van der Waals surface area contributed by atoms with Gasteiger partial charge in [-0.3, -0.25) is 0 Å². The van der Waals surface area contributed by atoms with E-state index in [1.54, 1.807) is 23.9 Å². The second-order valence-corrected chi connectivity index (χ2v) is 5.06. The normalized spacial score (nSPS) is 12.2. The van der Waals surface area contributed by atoms with E-state index in [1.165, 1.54) is 12.1 Å². The monoisotopic (exact) mass is 277 g/mol. The van der Waals surface area contributed by atoms with Gasteiger partial charge in [-0.1, -0.05) is 18.2 Å². The average molecular weight is 277 g/mol. The summed E-state index contributed by atoms with van der Waals surface area (Å²) < 4.78 is 13.1. The summed E-state index contributed by atoms with van der Waals surface area (Å²) in [6, 6.07) is 14.0. The van der Waals surface area contributed by atoms with Crippen LogP contribution in [0.2, 0.25) is 0 Å². The molecule has 0 amide bonds. The van der Waals surface area contributed by atoms with Crippen molar-refractivity contribution in [1.82, 2.24) is 0 Å². The van der Waals surface area contributed by atoms with E-state index >= 15 is 0 Å². The van der Waals surface area contributed by atoms with Gasteiger partial charge in [0.2, 0.25) is 0 Å². The van der Waals surface area contributed by atoms with Gasteiger partial charge in [0.15, 0.2) is 0 Å². The Balaban J connectivity index is 1.98. The van der Waals surface area contributed by atoms with Crippen LogP contribution in [0.3, 0.4) is 0 Å². The highest BCUT2D eigenvalue weighted by atomic mass is 32.2. The van der Waals surface area contributed by atoms with Crippen LogP contribution in [-0.2, 0) is 0 Å². The van der Waals surface area contributed by atoms with Gasteiger partial charge in [0.1, 0.15) is 5.82 Å². The Morgan fingerprint density at radius 2 is 2.00 bits per heavy atom. The van der Waals surface area contributed by atoms with Crippen LogP contribution >= 0.6 is 11.8 Å². The molecule has 0 heterocycles. The highest BCUT2D eigenvalue weighted by Crippen LogP contribution is 2.20. The third-order valence-corrected chi connectivity index (χ3v) is 3.53. The molecular weight excluding hydrogens is 261 g/mol. The van der Waals surface area contributed by atoms with Crippen LogP contribution in [0.1, 0.15) is 11.7 Å². The zero-order valence-electron chi connectivity index (χ0n) is 10.6. The molecule has 19 heavy (non-hydrogen) atoms. The second kappa shape index (κ2) is 6.59. The standard InChI is InChI=1S/C15H16FNOS/c1-19-14-7-3-6-13(9-14)17-10-15(18)11-4-2-5-12(16)8-11/h2-9,15,17-18H,10H2,1H3. The predicted molar refractivity (Wildman–Crippen MR) is 78.1 cm³/mol. The summed E-state index contributed by atoms with van der Waals surface area (Å²) in [5.74, 6) is -0.332. The van der Waals surface area contributed by atoms with E-state index in [2.05, 4.69) is 5.32 Å². The summed E-state index contributed by atoms with van der Waals surface area (Å²) in [6.07, 6.45) is 1.29. The number of hydrogen-bond acceptors (Lipinski definition) is 3. The molecule has 2 rings (SSSR count). The summed E-state index contributed by atoms with van der Waals surface area (Å²) in [6.45, 7) is 0.348. The minimum absolute atomic E-state index is 0.332. The number of halogens is 1. The molecule has 4 heteroatoms. The molecule has 0 aliphatic carbocycles. The molecule has 0 aliphatic heterocycles. The van der Waals surface area contributed by atoms with E-state index in [1.807, 2.05) is 30.5 Å². The van der Waals surface area contributed by atoms with Gasteiger partial charge in [0.25, 0.3) is 0 Å². The smallest absolute Gasteiger partial charge is 0.123 e. The third-order valence-electron chi connectivity index (χ3n) is 2.80. The molecule has 2 aromatic rings. The van der Waals surface area contributed by atoms with Gasteiger partial charge < -0.3 is 10.4 Å². The van der Waals surface area contributed by atoms with Crippen molar-refractivity contribution in [3.05, 3.63) is 59.9 Å². The molecule has 0 aliphatic rings. The quantitative estimate of drug-likeness (QED) is 0.817. The number of nitrogens with one attached hydrogen (secondary N) is 1. The Hall–Kier alpha value is -1.52. The fourth-order valence-electron chi connectivity index (χ4n) is 1.78. The fourth-order valence-corrected chi connectivity index (χ4v) is 2.24. The molecule has 0 bridgehead atoms. The zero-order chi connectivity index (χ0) is 13.7. The first-order valence-electron chi connectivity index (χ1n) is 6.00. The van der Waals surface area contributed by atoms with Crippen LogP contribution in [-0.4, -0.2) is 17.9 Å². The van der Waals surface area contributed by atoms with E-state index in [9.17, 15) is 9.50 Å². The first kappa shape index (κ1) is 13.9. The molecule has 0 saturated heterocycles. The molecule has 2 nitrogen and oxygen atoms in total. The lowest BCUT2D eigenvalue weighted by atomic mass is 10.1. The minimum Gasteiger partial charge on any atom is -0.387 e. The molecule has 2 N–H and O–H groups in total. The van der Waals surface area contributed by atoms with Gasteiger partial charge in [-0.2, -0.15) is 0 Å². The van der Waals surface area contributed by atoms with Crippen molar-refractivity contribution in [3.8, 4) is 0 Å². The summed E-state index contributed by atoms with van der Waals surface area (Å²) in [4.78, 5) is 1.16. The van der Waals surface area contributed by atoms with Crippen molar-refractivity contribution in [2.75, 3.05) is 18.1 Å². The zero-order valence-corrected chi connectivity index (χ0v) is 11.5. The molecule has 2 aromatic carbocycles. The lowest BCUT2D eigenvalue weighted by molar-refractivity contribution is 0.191. The molecule has 1 atom stereocenters. The molecule has 0 fully saturated rings. The van der Waals surface area contributed by atoms with Crippen molar-refractivity contribution < 1.29 is 9.50 Å². The van der Waals surface area contributed by atoms with Crippen molar-refractivity contribution in [3.63, 3.8) is 0 Å². The van der Waals surface area contributed by atoms with Crippen LogP contribution in [0.4, 0.5) is 10.1 Å². The molecule has 0 radical (unpaired) electrons. The largest absolute Gasteiger partial charge is 0.387 e. The first-order chi connectivity index (χ1) is 9.19. The predicted octanol–water partition coefficient (Wildman–Crippen LogP) is 3.69. The maximum atomic E-state index is 13.1. The van der Waals surface area contributed by atoms with E-state index in [4.69, 9.17) is 0 Å².